The van der Waals surface area contributed by atoms with Crippen LogP contribution in [0.5, 0.6) is 0 Å². The molecule has 2 N–H and O–H groups in total. The van der Waals surface area contributed by atoms with Crippen LogP contribution >= 0.6 is 0 Å². The number of amides is 2. The van der Waals surface area contributed by atoms with Gasteiger partial charge in [0, 0.05) is 0 Å². The maximum atomic E-state index is 14.0. The maximum Gasteiger partial charge on any atom is 0.230 e. The average Bonchev–Trinajstić information content (AvgIpc) is 2.70. The third-order valence-electron chi connectivity index (χ3n) is 11.6. The number of anilines is 2. The highest BCUT2D eigenvalue weighted by atomic mass is 16.2. The highest BCUT2D eigenvalue weighted by Crippen LogP contribution is 2.71. The lowest BCUT2D eigenvalue weighted by atomic mass is 9.40. The first-order valence-electron chi connectivity index (χ1n) is 14.5. The molecular formula is C32H44N2O2. The Morgan fingerprint density at radius 2 is 0.917 bits per heavy atom. The lowest BCUT2D eigenvalue weighted by Gasteiger charge is -2.64. The molecule has 4 nitrogen and oxygen atoms in total. The number of rotatable bonds is 4. The summed E-state index contributed by atoms with van der Waals surface area (Å²) in [5, 5.41) is 6.68. The lowest BCUT2D eigenvalue weighted by molar-refractivity contribution is -0.165. The minimum absolute atomic E-state index is 0.181. The van der Waals surface area contributed by atoms with Crippen molar-refractivity contribution in [3.05, 3.63) is 24.3 Å². The summed E-state index contributed by atoms with van der Waals surface area (Å²) >= 11 is 0. The molecule has 8 aliphatic carbocycles. The van der Waals surface area contributed by atoms with Crippen LogP contribution < -0.4 is 10.6 Å². The molecule has 1 aromatic rings. The van der Waals surface area contributed by atoms with E-state index in [-0.39, 0.29) is 22.6 Å². The fourth-order valence-corrected chi connectivity index (χ4v) is 12.6. The van der Waals surface area contributed by atoms with E-state index in [1.807, 2.05) is 24.3 Å². The largest absolute Gasteiger partial charge is 0.324 e. The molecule has 194 valence electrons. The van der Waals surface area contributed by atoms with Gasteiger partial charge in [-0.2, -0.15) is 0 Å². The van der Waals surface area contributed by atoms with Crippen LogP contribution in [-0.2, 0) is 9.59 Å². The summed E-state index contributed by atoms with van der Waals surface area (Å²) in [5.41, 5.74) is 2.20. The molecule has 9 rings (SSSR count). The van der Waals surface area contributed by atoms with E-state index in [1.54, 1.807) is 0 Å². The van der Waals surface area contributed by atoms with Crippen molar-refractivity contribution < 1.29 is 9.59 Å². The summed E-state index contributed by atoms with van der Waals surface area (Å²) in [6.45, 7) is 9.66. The topological polar surface area (TPSA) is 58.2 Å². The molecule has 8 aliphatic rings. The number of nitrogens with one attached hydrogen (secondary N) is 2. The van der Waals surface area contributed by atoms with Gasteiger partial charge in [0.2, 0.25) is 11.8 Å². The second-order valence-corrected chi connectivity index (χ2v) is 16.3. The number of para-hydroxylation sites is 2. The molecule has 4 unspecified atom stereocenters. The van der Waals surface area contributed by atoms with Gasteiger partial charge in [-0.1, -0.05) is 39.8 Å². The molecule has 2 amide bonds. The summed E-state index contributed by atoms with van der Waals surface area (Å²) in [6.07, 6.45) is 13.7. The molecular weight excluding hydrogens is 444 g/mol. The van der Waals surface area contributed by atoms with E-state index in [9.17, 15) is 9.59 Å². The van der Waals surface area contributed by atoms with E-state index >= 15 is 0 Å². The Morgan fingerprint density at radius 3 is 1.22 bits per heavy atom. The predicted molar refractivity (Wildman–Crippen MR) is 143 cm³/mol. The van der Waals surface area contributed by atoms with Gasteiger partial charge in [0.05, 0.1) is 22.2 Å². The Kier molecular flexibility index (Phi) is 4.51. The van der Waals surface area contributed by atoms with Crippen molar-refractivity contribution in [3.63, 3.8) is 0 Å². The fourth-order valence-electron chi connectivity index (χ4n) is 12.6. The minimum Gasteiger partial charge on any atom is -0.324 e. The van der Waals surface area contributed by atoms with Gasteiger partial charge >= 0.3 is 0 Å². The Hall–Kier alpha value is -1.84. The van der Waals surface area contributed by atoms with Crippen LogP contribution in [0, 0.1) is 44.3 Å². The standard InChI is InChI=1S/C32H44N2O2/c1-27-9-21-10-28(2,15-27)18-31(13-21,17-27)25(35)33-23-7-5-6-8-24(23)34-26(36)32-14-22-11-29(3,19-32)16-30(4,12-22)20-32/h5-8,21-22H,9-20H2,1-4H3,(H,33,35)(H,34,36). The van der Waals surface area contributed by atoms with E-state index in [2.05, 4.69) is 38.3 Å². The van der Waals surface area contributed by atoms with Gasteiger partial charge in [-0.05, 0) is 123 Å². The summed E-state index contributed by atoms with van der Waals surface area (Å²) in [7, 11) is 0. The van der Waals surface area contributed by atoms with Gasteiger partial charge in [0.15, 0.2) is 0 Å². The van der Waals surface area contributed by atoms with Crippen LogP contribution in [-0.4, -0.2) is 11.8 Å². The van der Waals surface area contributed by atoms with E-state index < -0.39 is 0 Å². The lowest BCUT2D eigenvalue weighted by Crippen LogP contribution is -2.59. The highest BCUT2D eigenvalue weighted by molar-refractivity contribution is 6.03. The zero-order valence-electron chi connectivity index (χ0n) is 22.8. The number of hydrogen-bond acceptors (Lipinski definition) is 2. The number of hydrogen-bond donors (Lipinski definition) is 2. The van der Waals surface area contributed by atoms with E-state index in [4.69, 9.17) is 0 Å². The van der Waals surface area contributed by atoms with Crippen LogP contribution in [0.25, 0.3) is 0 Å². The van der Waals surface area contributed by atoms with Gasteiger partial charge in [-0.3, -0.25) is 9.59 Å². The summed E-state index contributed by atoms with van der Waals surface area (Å²) < 4.78 is 0. The molecule has 0 aliphatic heterocycles. The van der Waals surface area contributed by atoms with Gasteiger partial charge in [-0.25, -0.2) is 0 Å². The van der Waals surface area contributed by atoms with Gasteiger partial charge < -0.3 is 10.6 Å². The molecule has 0 saturated heterocycles. The Labute approximate surface area is 216 Å². The van der Waals surface area contributed by atoms with Crippen LogP contribution in [0.4, 0.5) is 11.4 Å². The first-order valence-corrected chi connectivity index (χ1v) is 14.5. The monoisotopic (exact) mass is 488 g/mol. The SMILES string of the molecule is CC12CC3CC(C)(C1)CC(C(=O)Nc1ccccc1NC(=O)C14CC5CC(C)(CC(C)(C5)C1)C4)(C3)C2. The first kappa shape index (κ1) is 23.3. The zero-order valence-corrected chi connectivity index (χ0v) is 22.8. The second-order valence-electron chi connectivity index (χ2n) is 16.3. The number of carbonyl (C=O) groups is 2. The summed E-state index contributed by atoms with van der Waals surface area (Å²) in [4.78, 5) is 27.9. The quantitative estimate of drug-likeness (QED) is 0.459. The molecule has 36 heavy (non-hydrogen) atoms. The van der Waals surface area contributed by atoms with Gasteiger partial charge in [-0.15, -0.1) is 0 Å². The van der Waals surface area contributed by atoms with Crippen LogP contribution in [0.3, 0.4) is 0 Å². The van der Waals surface area contributed by atoms with Crippen molar-refractivity contribution in [2.45, 2.75) is 105 Å². The van der Waals surface area contributed by atoms with Crippen LogP contribution in [0.1, 0.15) is 105 Å². The Bertz CT molecular complexity index is 1030. The average molecular weight is 489 g/mol. The molecule has 0 aromatic heterocycles. The predicted octanol–water partition coefficient (Wildman–Crippen LogP) is 7.56. The van der Waals surface area contributed by atoms with E-state index in [0.29, 0.717) is 33.5 Å². The number of carbonyl (C=O) groups excluding carboxylic acids is 2. The van der Waals surface area contributed by atoms with Crippen molar-refractivity contribution in [2.24, 2.45) is 44.3 Å². The van der Waals surface area contributed by atoms with Crippen molar-refractivity contribution in [3.8, 4) is 0 Å². The van der Waals surface area contributed by atoms with Crippen molar-refractivity contribution in [1.29, 1.82) is 0 Å². The molecule has 8 bridgehead atoms. The normalized spacial score (nSPS) is 49.8. The molecule has 8 saturated carbocycles. The third-order valence-corrected chi connectivity index (χ3v) is 11.6. The Balaban J connectivity index is 1.13. The van der Waals surface area contributed by atoms with Crippen LogP contribution in [0.2, 0.25) is 0 Å². The molecule has 0 spiro atoms. The maximum absolute atomic E-state index is 14.0. The molecule has 4 atom stereocenters. The molecule has 0 heterocycles. The minimum atomic E-state index is -0.261. The zero-order chi connectivity index (χ0) is 25.2. The Morgan fingerprint density at radius 1 is 0.583 bits per heavy atom. The van der Waals surface area contributed by atoms with Crippen molar-refractivity contribution in [2.75, 3.05) is 10.6 Å². The molecule has 1 aromatic carbocycles. The molecule has 4 heteroatoms. The smallest absolute Gasteiger partial charge is 0.230 e. The van der Waals surface area contributed by atoms with E-state index in [0.717, 1.165) is 49.9 Å². The number of benzene rings is 1. The molecule has 0 radical (unpaired) electrons. The fraction of sp³-hybridized carbons (Fsp3) is 0.750. The first-order chi connectivity index (χ1) is 16.8. The van der Waals surface area contributed by atoms with Crippen molar-refractivity contribution >= 4 is 23.2 Å². The highest BCUT2D eigenvalue weighted by Gasteiger charge is 2.64. The second kappa shape index (κ2) is 6.97. The van der Waals surface area contributed by atoms with Gasteiger partial charge in [0.1, 0.15) is 0 Å². The third kappa shape index (κ3) is 3.45. The van der Waals surface area contributed by atoms with Gasteiger partial charge in [0.25, 0.3) is 0 Å². The van der Waals surface area contributed by atoms with Crippen LogP contribution in [0.15, 0.2) is 24.3 Å². The van der Waals surface area contributed by atoms with Crippen molar-refractivity contribution in [1.82, 2.24) is 0 Å². The van der Waals surface area contributed by atoms with E-state index in [1.165, 1.54) is 38.5 Å². The summed E-state index contributed by atoms with van der Waals surface area (Å²) in [5.74, 6) is 1.72. The summed E-state index contributed by atoms with van der Waals surface area (Å²) in [6, 6.07) is 7.89. The molecule has 8 fully saturated rings.